The van der Waals surface area contributed by atoms with E-state index in [2.05, 4.69) is 16.7 Å². The van der Waals surface area contributed by atoms with Gasteiger partial charge >= 0.3 is 0 Å². The van der Waals surface area contributed by atoms with Gasteiger partial charge in [-0.3, -0.25) is 9.59 Å². The van der Waals surface area contributed by atoms with Crippen LogP contribution in [0.1, 0.15) is 24.0 Å². The molecule has 2 heterocycles. The molecule has 3 rings (SSSR count). The fourth-order valence-electron chi connectivity index (χ4n) is 3.32. The summed E-state index contributed by atoms with van der Waals surface area (Å²) >= 11 is 0. The third-order valence-electron chi connectivity index (χ3n) is 5.01. The molecule has 0 aromatic heterocycles. The highest BCUT2D eigenvalue weighted by atomic mass is 16.2. The number of aryl methyl sites for hydroxylation is 1. The Bertz CT molecular complexity index is 681. The van der Waals surface area contributed by atoms with Crippen LogP contribution in [-0.4, -0.2) is 38.0 Å². The number of hydrogen-bond acceptors (Lipinski definition) is 3. The number of benzene rings is 1. The second-order valence-corrected chi connectivity index (χ2v) is 6.66. The summed E-state index contributed by atoms with van der Waals surface area (Å²) in [6.45, 7) is 6.95. The Labute approximate surface area is 143 Å². The fraction of sp³-hybridized carbons (Fsp3) is 0.474. The summed E-state index contributed by atoms with van der Waals surface area (Å²) in [5.41, 5.74) is 4.45. The van der Waals surface area contributed by atoms with Gasteiger partial charge in [-0.05, 0) is 44.0 Å². The monoisotopic (exact) mass is 327 g/mol. The molecule has 5 heteroatoms. The first-order chi connectivity index (χ1) is 11.6. The molecule has 1 aromatic carbocycles. The van der Waals surface area contributed by atoms with Crippen molar-refractivity contribution >= 4 is 17.5 Å². The Morgan fingerprint density at radius 3 is 2.96 bits per heavy atom. The van der Waals surface area contributed by atoms with Crippen LogP contribution in [0.3, 0.4) is 0 Å². The molecule has 0 aliphatic carbocycles. The van der Waals surface area contributed by atoms with Gasteiger partial charge in [0.15, 0.2) is 0 Å². The van der Waals surface area contributed by atoms with Crippen LogP contribution < -0.4 is 15.5 Å². The smallest absolute Gasteiger partial charge is 0.227 e. The van der Waals surface area contributed by atoms with Gasteiger partial charge in [0.25, 0.3) is 0 Å². The van der Waals surface area contributed by atoms with Crippen LogP contribution in [0.2, 0.25) is 0 Å². The van der Waals surface area contributed by atoms with Gasteiger partial charge in [-0.2, -0.15) is 0 Å². The number of carbonyl (C=O) groups is 2. The summed E-state index contributed by atoms with van der Waals surface area (Å²) in [7, 11) is 0. The normalized spacial score (nSPS) is 20.9. The lowest BCUT2D eigenvalue weighted by Gasteiger charge is -2.20. The number of carbonyl (C=O) groups excluding carboxylic acids is 2. The number of rotatable bonds is 4. The molecule has 0 spiro atoms. The Balaban J connectivity index is 1.62. The first-order valence-electron chi connectivity index (χ1n) is 8.59. The first-order valence-corrected chi connectivity index (χ1v) is 8.59. The number of amides is 2. The third kappa shape index (κ3) is 3.51. The van der Waals surface area contributed by atoms with Crippen LogP contribution in [0.15, 0.2) is 29.8 Å². The largest absolute Gasteiger partial charge is 0.352 e. The molecule has 1 aromatic rings. The molecule has 1 fully saturated rings. The van der Waals surface area contributed by atoms with Crippen molar-refractivity contribution in [3.63, 3.8) is 0 Å². The molecule has 0 radical (unpaired) electrons. The van der Waals surface area contributed by atoms with Crippen molar-refractivity contribution in [2.45, 2.75) is 26.7 Å². The SMILES string of the molecule is Cc1cccc(N2CC(C(=O)NCC3=CCNCC3)CC2=O)c1C. The van der Waals surface area contributed by atoms with Crippen molar-refractivity contribution in [2.75, 3.05) is 31.1 Å². The zero-order chi connectivity index (χ0) is 17.1. The minimum absolute atomic E-state index is 0.0180. The summed E-state index contributed by atoms with van der Waals surface area (Å²) < 4.78 is 0. The molecule has 1 atom stereocenters. The summed E-state index contributed by atoms with van der Waals surface area (Å²) in [6, 6.07) is 5.96. The first kappa shape index (κ1) is 16.7. The van der Waals surface area contributed by atoms with Gasteiger partial charge < -0.3 is 15.5 Å². The molecule has 2 N–H and O–H groups in total. The number of nitrogens with zero attached hydrogens (tertiary/aromatic N) is 1. The molecule has 2 aliphatic rings. The Kier molecular flexibility index (Phi) is 5.00. The van der Waals surface area contributed by atoms with E-state index in [0.717, 1.165) is 36.3 Å². The van der Waals surface area contributed by atoms with Crippen molar-refractivity contribution < 1.29 is 9.59 Å². The summed E-state index contributed by atoms with van der Waals surface area (Å²) in [6.07, 6.45) is 3.39. The van der Waals surface area contributed by atoms with E-state index in [0.29, 0.717) is 19.5 Å². The van der Waals surface area contributed by atoms with E-state index < -0.39 is 0 Å². The third-order valence-corrected chi connectivity index (χ3v) is 5.01. The highest BCUT2D eigenvalue weighted by molar-refractivity contribution is 6.00. The van der Waals surface area contributed by atoms with Gasteiger partial charge in [0.2, 0.25) is 11.8 Å². The molecule has 0 bridgehead atoms. The molecular formula is C19H25N3O2. The van der Waals surface area contributed by atoms with Gasteiger partial charge in [0, 0.05) is 31.7 Å². The number of nitrogens with one attached hydrogen (secondary N) is 2. The van der Waals surface area contributed by atoms with Crippen molar-refractivity contribution in [2.24, 2.45) is 5.92 Å². The van der Waals surface area contributed by atoms with E-state index in [4.69, 9.17) is 0 Å². The van der Waals surface area contributed by atoms with Gasteiger partial charge in [-0.1, -0.05) is 23.8 Å². The molecule has 128 valence electrons. The average molecular weight is 327 g/mol. The molecule has 1 unspecified atom stereocenters. The van der Waals surface area contributed by atoms with Crippen LogP contribution in [-0.2, 0) is 9.59 Å². The van der Waals surface area contributed by atoms with Crippen LogP contribution in [0, 0.1) is 19.8 Å². The van der Waals surface area contributed by atoms with Crippen LogP contribution in [0.25, 0.3) is 0 Å². The van der Waals surface area contributed by atoms with E-state index in [9.17, 15) is 9.59 Å². The van der Waals surface area contributed by atoms with Crippen LogP contribution in [0.5, 0.6) is 0 Å². The quantitative estimate of drug-likeness (QED) is 0.828. The maximum Gasteiger partial charge on any atom is 0.227 e. The molecular weight excluding hydrogens is 302 g/mol. The zero-order valence-corrected chi connectivity index (χ0v) is 14.4. The minimum atomic E-state index is -0.264. The summed E-state index contributed by atoms with van der Waals surface area (Å²) in [5, 5.41) is 6.26. The molecule has 24 heavy (non-hydrogen) atoms. The fourth-order valence-corrected chi connectivity index (χ4v) is 3.32. The topological polar surface area (TPSA) is 61.4 Å². The van der Waals surface area contributed by atoms with Gasteiger partial charge in [0.05, 0.1) is 5.92 Å². The highest BCUT2D eigenvalue weighted by Crippen LogP contribution is 2.29. The molecule has 2 aliphatic heterocycles. The van der Waals surface area contributed by atoms with E-state index in [1.54, 1.807) is 4.90 Å². The lowest BCUT2D eigenvalue weighted by atomic mass is 10.1. The minimum Gasteiger partial charge on any atom is -0.352 e. The predicted molar refractivity (Wildman–Crippen MR) is 95.0 cm³/mol. The predicted octanol–water partition coefficient (Wildman–Crippen LogP) is 1.69. The summed E-state index contributed by atoms with van der Waals surface area (Å²) in [4.78, 5) is 26.6. The van der Waals surface area contributed by atoms with Crippen molar-refractivity contribution in [3.05, 3.63) is 41.0 Å². The van der Waals surface area contributed by atoms with Gasteiger partial charge in [0.1, 0.15) is 0 Å². The van der Waals surface area contributed by atoms with E-state index in [1.807, 2.05) is 32.0 Å². The van der Waals surface area contributed by atoms with E-state index in [-0.39, 0.29) is 17.7 Å². The lowest BCUT2D eigenvalue weighted by Crippen LogP contribution is -2.35. The van der Waals surface area contributed by atoms with Crippen molar-refractivity contribution in [1.82, 2.24) is 10.6 Å². The Hall–Kier alpha value is -2.14. The average Bonchev–Trinajstić information content (AvgIpc) is 2.98. The molecule has 5 nitrogen and oxygen atoms in total. The summed E-state index contributed by atoms with van der Waals surface area (Å²) in [5.74, 6) is -0.250. The second-order valence-electron chi connectivity index (χ2n) is 6.66. The number of hydrogen-bond donors (Lipinski definition) is 2. The molecule has 1 saturated heterocycles. The number of anilines is 1. The van der Waals surface area contributed by atoms with Crippen molar-refractivity contribution in [1.29, 1.82) is 0 Å². The lowest BCUT2D eigenvalue weighted by molar-refractivity contribution is -0.126. The maximum atomic E-state index is 12.4. The van der Waals surface area contributed by atoms with E-state index in [1.165, 1.54) is 5.57 Å². The molecule has 2 amide bonds. The Morgan fingerprint density at radius 1 is 1.38 bits per heavy atom. The highest BCUT2D eigenvalue weighted by Gasteiger charge is 2.35. The molecule has 0 saturated carbocycles. The van der Waals surface area contributed by atoms with Crippen LogP contribution in [0.4, 0.5) is 5.69 Å². The van der Waals surface area contributed by atoms with E-state index >= 15 is 0 Å². The second kappa shape index (κ2) is 7.18. The van der Waals surface area contributed by atoms with Gasteiger partial charge in [-0.25, -0.2) is 0 Å². The maximum absolute atomic E-state index is 12.4. The Morgan fingerprint density at radius 2 is 2.21 bits per heavy atom. The van der Waals surface area contributed by atoms with Crippen molar-refractivity contribution in [3.8, 4) is 0 Å². The van der Waals surface area contributed by atoms with Gasteiger partial charge in [-0.15, -0.1) is 0 Å². The standard InChI is InChI=1S/C19H25N3O2/c1-13-4-3-5-17(14(13)2)22-12-16(10-18(22)23)19(24)21-11-15-6-8-20-9-7-15/h3-6,16,20H,7-12H2,1-2H3,(H,21,24). The van der Waals surface area contributed by atoms with Crippen LogP contribution >= 0.6 is 0 Å². The zero-order valence-electron chi connectivity index (χ0n) is 14.4.